The first kappa shape index (κ1) is 13.0. The SMILES string of the molecule is CC(=O)c1ccccc1NC(=O)c1cccnc1C. The molecule has 1 N–H and O–H groups in total. The van der Waals surface area contributed by atoms with E-state index in [1.165, 1.54) is 6.92 Å². The van der Waals surface area contributed by atoms with Crippen LogP contribution in [-0.2, 0) is 0 Å². The molecular formula is C15H14N2O2. The fourth-order valence-electron chi connectivity index (χ4n) is 1.81. The summed E-state index contributed by atoms with van der Waals surface area (Å²) in [6, 6.07) is 10.3. The molecule has 0 fully saturated rings. The number of Topliss-reactive ketones (excluding diaryl/α,β-unsaturated/α-hetero) is 1. The van der Waals surface area contributed by atoms with Crippen LogP contribution in [0.4, 0.5) is 5.69 Å². The number of pyridine rings is 1. The minimum atomic E-state index is -0.265. The Morgan fingerprint density at radius 1 is 1.05 bits per heavy atom. The Hall–Kier alpha value is -2.49. The Balaban J connectivity index is 2.30. The van der Waals surface area contributed by atoms with E-state index in [0.29, 0.717) is 22.5 Å². The lowest BCUT2D eigenvalue weighted by atomic mass is 10.1. The molecule has 0 saturated carbocycles. The quantitative estimate of drug-likeness (QED) is 0.857. The first-order valence-corrected chi connectivity index (χ1v) is 5.92. The lowest BCUT2D eigenvalue weighted by Gasteiger charge is -2.09. The highest BCUT2D eigenvalue weighted by molar-refractivity contribution is 6.09. The van der Waals surface area contributed by atoms with E-state index >= 15 is 0 Å². The van der Waals surface area contributed by atoms with E-state index in [1.54, 1.807) is 49.5 Å². The first-order valence-electron chi connectivity index (χ1n) is 5.92. The highest BCUT2D eigenvalue weighted by Crippen LogP contribution is 2.17. The maximum atomic E-state index is 12.1. The number of ketones is 1. The number of carbonyl (C=O) groups is 2. The number of benzene rings is 1. The molecule has 0 unspecified atom stereocenters. The van der Waals surface area contributed by atoms with Crippen molar-refractivity contribution >= 4 is 17.4 Å². The van der Waals surface area contributed by atoms with Crippen LogP contribution in [0.3, 0.4) is 0 Å². The Labute approximate surface area is 111 Å². The zero-order valence-corrected chi connectivity index (χ0v) is 10.8. The van der Waals surface area contributed by atoms with Gasteiger partial charge in [0.2, 0.25) is 0 Å². The lowest BCUT2D eigenvalue weighted by Crippen LogP contribution is -2.15. The van der Waals surface area contributed by atoms with E-state index in [4.69, 9.17) is 0 Å². The summed E-state index contributed by atoms with van der Waals surface area (Å²) in [4.78, 5) is 27.7. The largest absolute Gasteiger partial charge is 0.321 e. The number of aromatic nitrogens is 1. The van der Waals surface area contributed by atoms with Crippen LogP contribution in [0, 0.1) is 6.92 Å². The van der Waals surface area contributed by atoms with Crippen molar-refractivity contribution in [1.29, 1.82) is 0 Å². The van der Waals surface area contributed by atoms with Crippen LogP contribution in [0.2, 0.25) is 0 Å². The summed E-state index contributed by atoms with van der Waals surface area (Å²) in [5.74, 6) is -0.349. The minimum absolute atomic E-state index is 0.0844. The third-order valence-corrected chi connectivity index (χ3v) is 2.81. The zero-order chi connectivity index (χ0) is 13.8. The minimum Gasteiger partial charge on any atom is -0.321 e. The Morgan fingerprint density at radius 2 is 1.74 bits per heavy atom. The number of amides is 1. The highest BCUT2D eigenvalue weighted by atomic mass is 16.1. The van der Waals surface area contributed by atoms with Gasteiger partial charge >= 0.3 is 0 Å². The average molecular weight is 254 g/mol. The fourth-order valence-corrected chi connectivity index (χ4v) is 1.81. The van der Waals surface area contributed by atoms with Crippen LogP contribution in [0.5, 0.6) is 0 Å². The predicted octanol–water partition coefficient (Wildman–Crippen LogP) is 2.84. The van der Waals surface area contributed by atoms with E-state index in [9.17, 15) is 9.59 Å². The number of nitrogens with one attached hydrogen (secondary N) is 1. The summed E-state index contributed by atoms with van der Waals surface area (Å²) in [6.07, 6.45) is 1.63. The summed E-state index contributed by atoms with van der Waals surface area (Å²) in [6.45, 7) is 3.24. The van der Waals surface area contributed by atoms with Crippen molar-refractivity contribution in [2.75, 3.05) is 5.32 Å². The van der Waals surface area contributed by atoms with Crippen molar-refractivity contribution in [3.8, 4) is 0 Å². The van der Waals surface area contributed by atoms with Gasteiger partial charge in [-0.3, -0.25) is 14.6 Å². The Bertz CT molecular complexity index is 636. The van der Waals surface area contributed by atoms with Gasteiger partial charge in [-0.05, 0) is 38.1 Å². The molecule has 0 spiro atoms. The lowest BCUT2D eigenvalue weighted by molar-refractivity contribution is 0.101. The number of aryl methyl sites for hydroxylation is 1. The van der Waals surface area contributed by atoms with Crippen molar-refractivity contribution in [3.05, 3.63) is 59.4 Å². The van der Waals surface area contributed by atoms with Gasteiger partial charge in [-0.1, -0.05) is 12.1 Å². The summed E-state index contributed by atoms with van der Waals surface area (Å²) in [5, 5.41) is 2.75. The van der Waals surface area contributed by atoms with Crippen molar-refractivity contribution in [3.63, 3.8) is 0 Å². The zero-order valence-electron chi connectivity index (χ0n) is 10.8. The van der Waals surface area contributed by atoms with Crippen LogP contribution in [0.15, 0.2) is 42.6 Å². The molecule has 1 heterocycles. The number of para-hydroxylation sites is 1. The Kier molecular flexibility index (Phi) is 3.71. The summed E-state index contributed by atoms with van der Waals surface area (Å²) in [7, 11) is 0. The fraction of sp³-hybridized carbons (Fsp3) is 0.133. The van der Waals surface area contributed by atoms with Crippen molar-refractivity contribution < 1.29 is 9.59 Å². The molecule has 1 aromatic heterocycles. The second kappa shape index (κ2) is 5.44. The molecule has 19 heavy (non-hydrogen) atoms. The van der Waals surface area contributed by atoms with Gasteiger partial charge in [-0.25, -0.2) is 0 Å². The maximum Gasteiger partial charge on any atom is 0.257 e. The van der Waals surface area contributed by atoms with Gasteiger partial charge in [0.05, 0.1) is 11.3 Å². The van der Waals surface area contributed by atoms with Gasteiger partial charge in [0, 0.05) is 17.5 Å². The van der Waals surface area contributed by atoms with Gasteiger partial charge in [0.25, 0.3) is 5.91 Å². The standard InChI is InChI=1S/C15H14N2O2/c1-10-12(7-5-9-16-10)15(19)17-14-8-4-3-6-13(14)11(2)18/h3-9H,1-2H3,(H,17,19). The third kappa shape index (κ3) is 2.85. The second-order valence-electron chi connectivity index (χ2n) is 4.19. The molecule has 1 amide bonds. The highest BCUT2D eigenvalue weighted by Gasteiger charge is 2.12. The number of nitrogens with zero attached hydrogens (tertiary/aromatic N) is 1. The second-order valence-corrected chi connectivity index (χ2v) is 4.19. The summed E-state index contributed by atoms with van der Waals surface area (Å²) >= 11 is 0. The van der Waals surface area contributed by atoms with Crippen molar-refractivity contribution in [2.24, 2.45) is 0 Å². The molecule has 2 aromatic rings. The first-order chi connectivity index (χ1) is 9.09. The van der Waals surface area contributed by atoms with Crippen molar-refractivity contribution in [2.45, 2.75) is 13.8 Å². The van der Waals surface area contributed by atoms with E-state index in [1.807, 2.05) is 0 Å². The molecule has 0 aliphatic heterocycles. The average Bonchev–Trinajstić information content (AvgIpc) is 2.39. The van der Waals surface area contributed by atoms with E-state index in [0.717, 1.165) is 0 Å². The van der Waals surface area contributed by atoms with Crippen molar-refractivity contribution in [1.82, 2.24) is 4.98 Å². The van der Waals surface area contributed by atoms with E-state index in [-0.39, 0.29) is 11.7 Å². The molecule has 0 saturated heterocycles. The molecule has 0 atom stereocenters. The number of anilines is 1. The molecule has 0 aliphatic rings. The Morgan fingerprint density at radius 3 is 2.42 bits per heavy atom. The molecule has 4 nitrogen and oxygen atoms in total. The van der Waals surface area contributed by atoms with E-state index < -0.39 is 0 Å². The maximum absolute atomic E-state index is 12.1. The summed E-state index contributed by atoms with van der Waals surface area (Å²) in [5.41, 5.74) is 2.17. The molecule has 0 aliphatic carbocycles. The van der Waals surface area contributed by atoms with Crippen LogP contribution >= 0.6 is 0 Å². The molecule has 0 radical (unpaired) electrons. The number of hydrogen-bond acceptors (Lipinski definition) is 3. The van der Waals surface area contributed by atoms with E-state index in [2.05, 4.69) is 10.3 Å². The molecular weight excluding hydrogens is 240 g/mol. The van der Waals surface area contributed by atoms with Gasteiger partial charge in [-0.15, -0.1) is 0 Å². The molecule has 96 valence electrons. The molecule has 2 rings (SSSR count). The number of hydrogen-bond donors (Lipinski definition) is 1. The molecule has 4 heteroatoms. The molecule has 0 bridgehead atoms. The topological polar surface area (TPSA) is 59.1 Å². The predicted molar refractivity (Wildman–Crippen MR) is 73.4 cm³/mol. The third-order valence-electron chi connectivity index (χ3n) is 2.81. The number of carbonyl (C=O) groups excluding carboxylic acids is 2. The normalized spacial score (nSPS) is 10.0. The van der Waals surface area contributed by atoms with Crippen LogP contribution in [0.1, 0.15) is 33.3 Å². The van der Waals surface area contributed by atoms with Crippen LogP contribution in [0.25, 0.3) is 0 Å². The van der Waals surface area contributed by atoms with Crippen LogP contribution < -0.4 is 5.32 Å². The van der Waals surface area contributed by atoms with Gasteiger partial charge in [-0.2, -0.15) is 0 Å². The van der Waals surface area contributed by atoms with Gasteiger partial charge in [0.1, 0.15) is 0 Å². The molecule has 1 aromatic carbocycles. The van der Waals surface area contributed by atoms with Gasteiger partial charge in [0.15, 0.2) is 5.78 Å². The monoisotopic (exact) mass is 254 g/mol. The number of rotatable bonds is 3. The van der Waals surface area contributed by atoms with Gasteiger partial charge < -0.3 is 5.32 Å². The van der Waals surface area contributed by atoms with Crippen LogP contribution in [-0.4, -0.2) is 16.7 Å². The smallest absolute Gasteiger partial charge is 0.257 e. The summed E-state index contributed by atoms with van der Waals surface area (Å²) < 4.78 is 0.